The molecule has 0 saturated carbocycles. The second-order valence-corrected chi connectivity index (χ2v) is 10.4. The van der Waals surface area contributed by atoms with Crippen LogP contribution in [0.15, 0.2) is 0 Å². The third kappa shape index (κ3) is 11.8. The summed E-state index contributed by atoms with van der Waals surface area (Å²) in [6, 6.07) is 0. The molecule has 0 fully saturated rings. The summed E-state index contributed by atoms with van der Waals surface area (Å²) in [5, 5.41) is 0. The van der Waals surface area contributed by atoms with Gasteiger partial charge in [-0.2, -0.15) is 0 Å². The summed E-state index contributed by atoms with van der Waals surface area (Å²) in [7, 11) is 0. The molecule has 3 atom stereocenters. The predicted molar refractivity (Wildman–Crippen MR) is 110 cm³/mol. The SMILES string of the molecule is CCCCC(C)C(=O)[O][Ga]([O]C(=O)C(C)CCCC)[O]C(=O)C(C)CCCC. The Morgan fingerprint density at radius 2 is 0.857 bits per heavy atom. The van der Waals surface area contributed by atoms with Crippen LogP contribution in [0.5, 0.6) is 0 Å². The van der Waals surface area contributed by atoms with Crippen LogP contribution >= 0.6 is 0 Å². The third-order valence-electron chi connectivity index (χ3n) is 4.82. The molecule has 0 aliphatic carbocycles. The zero-order valence-corrected chi connectivity index (χ0v) is 21.0. The van der Waals surface area contributed by atoms with Crippen molar-refractivity contribution in [2.75, 3.05) is 0 Å². The van der Waals surface area contributed by atoms with E-state index in [0.717, 1.165) is 38.5 Å². The molecule has 0 spiro atoms. The van der Waals surface area contributed by atoms with Crippen LogP contribution in [0.3, 0.4) is 0 Å². The molecule has 162 valence electrons. The molecular weight excluding hydrogens is 418 g/mol. The molecule has 6 nitrogen and oxygen atoms in total. The van der Waals surface area contributed by atoms with Gasteiger partial charge in [0, 0.05) is 0 Å². The van der Waals surface area contributed by atoms with Crippen molar-refractivity contribution >= 4 is 35.2 Å². The first-order chi connectivity index (χ1) is 13.3. The number of hydrogen-bond acceptors (Lipinski definition) is 6. The van der Waals surface area contributed by atoms with Crippen LogP contribution in [0.1, 0.15) is 99.3 Å². The van der Waals surface area contributed by atoms with E-state index in [0.29, 0.717) is 19.3 Å². The zero-order chi connectivity index (χ0) is 21.5. The van der Waals surface area contributed by atoms with Crippen LogP contribution in [0.25, 0.3) is 0 Å². The van der Waals surface area contributed by atoms with Gasteiger partial charge in [0.2, 0.25) is 0 Å². The third-order valence-corrected chi connectivity index (χ3v) is 7.49. The first-order valence-electron chi connectivity index (χ1n) is 10.9. The molecule has 28 heavy (non-hydrogen) atoms. The Bertz CT molecular complexity index is 401. The fraction of sp³-hybridized carbons (Fsp3) is 0.857. The maximum absolute atomic E-state index is 12.3. The van der Waals surface area contributed by atoms with Crippen molar-refractivity contribution in [2.24, 2.45) is 17.8 Å². The summed E-state index contributed by atoms with van der Waals surface area (Å²) >= 11 is -3.79. The second-order valence-electron chi connectivity index (χ2n) is 7.73. The Kier molecular flexibility index (Phi) is 15.4. The van der Waals surface area contributed by atoms with E-state index in [2.05, 4.69) is 20.8 Å². The van der Waals surface area contributed by atoms with Gasteiger partial charge in [-0.1, -0.05) is 0 Å². The number of hydrogen-bond donors (Lipinski definition) is 0. The maximum atomic E-state index is 12.3. The van der Waals surface area contributed by atoms with E-state index in [1.165, 1.54) is 0 Å². The molecule has 0 aromatic carbocycles. The van der Waals surface area contributed by atoms with Gasteiger partial charge < -0.3 is 0 Å². The van der Waals surface area contributed by atoms with E-state index in [9.17, 15) is 14.4 Å². The van der Waals surface area contributed by atoms with E-state index in [1.807, 2.05) is 0 Å². The summed E-state index contributed by atoms with van der Waals surface area (Å²) in [6.45, 7) is 11.5. The minimum absolute atomic E-state index is 0.305. The second kappa shape index (κ2) is 15.9. The molecule has 0 saturated heterocycles. The monoisotopic (exact) mass is 456 g/mol. The van der Waals surface area contributed by atoms with Crippen molar-refractivity contribution in [2.45, 2.75) is 99.3 Å². The van der Waals surface area contributed by atoms with E-state index in [-0.39, 0.29) is 17.8 Å². The molecule has 0 bridgehead atoms. The molecule has 7 heteroatoms. The first-order valence-corrected chi connectivity index (χ1v) is 13.8. The Morgan fingerprint density at radius 3 is 1.07 bits per heavy atom. The Labute approximate surface area is 177 Å². The molecule has 0 aliphatic rings. The number of carbonyl (C=O) groups is 3. The predicted octanol–water partition coefficient (Wildman–Crippen LogP) is 5.08. The van der Waals surface area contributed by atoms with Gasteiger partial charge >= 0.3 is 177 Å². The van der Waals surface area contributed by atoms with Gasteiger partial charge in [0.25, 0.3) is 0 Å². The first kappa shape index (κ1) is 27.0. The van der Waals surface area contributed by atoms with Crippen molar-refractivity contribution in [1.29, 1.82) is 0 Å². The molecule has 3 unspecified atom stereocenters. The molecule has 0 aliphatic heterocycles. The molecule has 0 heterocycles. The summed E-state index contributed by atoms with van der Waals surface area (Å²) in [4.78, 5) is 37.0. The van der Waals surface area contributed by atoms with Gasteiger partial charge in [0.1, 0.15) is 0 Å². The minimum atomic E-state index is -3.79. The summed E-state index contributed by atoms with van der Waals surface area (Å²) in [6.07, 6.45) is 7.79. The average Bonchev–Trinajstić information content (AvgIpc) is 2.67. The molecule has 0 radical (unpaired) electrons. The van der Waals surface area contributed by atoms with E-state index >= 15 is 0 Å². The average molecular weight is 457 g/mol. The molecule has 0 aromatic rings. The fourth-order valence-electron chi connectivity index (χ4n) is 2.59. The van der Waals surface area contributed by atoms with Gasteiger partial charge in [-0.15, -0.1) is 0 Å². The molecule has 0 aromatic heterocycles. The van der Waals surface area contributed by atoms with Crippen molar-refractivity contribution in [3.8, 4) is 0 Å². The molecule has 0 rings (SSSR count). The zero-order valence-electron chi connectivity index (χ0n) is 18.6. The van der Waals surface area contributed by atoms with Crippen LogP contribution in [-0.2, 0) is 25.0 Å². The number of carbonyl (C=O) groups excluding carboxylic acids is 3. The van der Waals surface area contributed by atoms with E-state index in [4.69, 9.17) is 10.6 Å². The summed E-state index contributed by atoms with van der Waals surface area (Å²) in [5.74, 6) is -2.24. The molecule has 0 N–H and O–H groups in total. The van der Waals surface area contributed by atoms with Crippen LogP contribution in [0.2, 0.25) is 0 Å². The molecule has 0 amide bonds. The Balaban J connectivity index is 4.96. The van der Waals surface area contributed by atoms with Crippen LogP contribution < -0.4 is 0 Å². The van der Waals surface area contributed by atoms with Crippen molar-refractivity contribution in [1.82, 2.24) is 0 Å². The summed E-state index contributed by atoms with van der Waals surface area (Å²) < 4.78 is 16.3. The standard InChI is InChI=1S/3C7H14O2.Ga/c3*1-3-4-5-6(2)7(8)9;/h3*6H,3-5H2,1-2H3,(H,8,9);/q;;;+3/p-3. The topological polar surface area (TPSA) is 78.9 Å². The van der Waals surface area contributed by atoms with Gasteiger partial charge in [-0.3, -0.25) is 0 Å². The van der Waals surface area contributed by atoms with Gasteiger partial charge in [0.05, 0.1) is 0 Å². The van der Waals surface area contributed by atoms with Crippen molar-refractivity contribution < 1.29 is 25.0 Å². The van der Waals surface area contributed by atoms with Crippen LogP contribution in [0, 0.1) is 17.8 Å². The fourth-order valence-corrected chi connectivity index (χ4v) is 5.55. The summed E-state index contributed by atoms with van der Waals surface area (Å²) in [5.41, 5.74) is 0. The molecular formula is C21H39GaO6. The number of rotatable bonds is 15. The van der Waals surface area contributed by atoms with E-state index < -0.39 is 35.2 Å². The van der Waals surface area contributed by atoms with Gasteiger partial charge in [-0.25, -0.2) is 0 Å². The normalized spacial score (nSPS) is 13.9. The van der Waals surface area contributed by atoms with Crippen molar-refractivity contribution in [3.05, 3.63) is 0 Å². The quantitative estimate of drug-likeness (QED) is 0.319. The number of unbranched alkanes of at least 4 members (excludes halogenated alkanes) is 3. The van der Waals surface area contributed by atoms with Crippen LogP contribution in [-0.4, -0.2) is 35.2 Å². The van der Waals surface area contributed by atoms with Crippen molar-refractivity contribution in [3.63, 3.8) is 0 Å². The Hall–Kier alpha value is -0.954. The Morgan fingerprint density at radius 1 is 0.607 bits per heavy atom. The van der Waals surface area contributed by atoms with E-state index in [1.54, 1.807) is 20.8 Å². The van der Waals surface area contributed by atoms with Gasteiger partial charge in [0.15, 0.2) is 0 Å². The van der Waals surface area contributed by atoms with Crippen LogP contribution in [0.4, 0.5) is 0 Å². The van der Waals surface area contributed by atoms with Gasteiger partial charge in [-0.05, 0) is 0 Å².